The van der Waals surface area contributed by atoms with Crippen molar-refractivity contribution < 1.29 is 24.9 Å². The molecule has 0 aliphatic carbocycles. The molecule has 5 nitrogen and oxygen atoms in total. The highest BCUT2D eigenvalue weighted by atomic mass is 79.9. The van der Waals surface area contributed by atoms with Gasteiger partial charge >= 0.3 is 5.97 Å². The summed E-state index contributed by atoms with van der Waals surface area (Å²) in [5, 5.41) is 27.8. The largest absolute Gasteiger partial charge is 0.504 e. The predicted molar refractivity (Wildman–Crippen MR) is 59.7 cm³/mol. The number of ether oxygens (including phenoxy) is 1. The van der Waals surface area contributed by atoms with Gasteiger partial charge in [0.15, 0.2) is 17.6 Å². The number of hydrogen-bond acceptors (Lipinski definition) is 4. The Balaban J connectivity index is 3.42. The van der Waals surface area contributed by atoms with Gasteiger partial charge in [-0.2, -0.15) is 0 Å². The van der Waals surface area contributed by atoms with Crippen LogP contribution in [0.1, 0.15) is 17.2 Å². The Hall–Kier alpha value is -1.27. The van der Waals surface area contributed by atoms with Gasteiger partial charge in [-0.25, -0.2) is 4.79 Å². The van der Waals surface area contributed by atoms with Crippen LogP contribution in [0, 0.1) is 6.92 Å². The van der Waals surface area contributed by atoms with E-state index in [2.05, 4.69) is 15.9 Å². The Bertz CT molecular complexity index is 430. The lowest BCUT2D eigenvalue weighted by atomic mass is 10.0. The predicted octanol–water partition coefficient (Wildman–Crippen LogP) is 1.59. The van der Waals surface area contributed by atoms with Gasteiger partial charge in [-0.05, 0) is 13.0 Å². The molecule has 16 heavy (non-hydrogen) atoms. The number of aromatic hydroxyl groups is 1. The van der Waals surface area contributed by atoms with Crippen molar-refractivity contribution in [1.29, 1.82) is 0 Å². The molecule has 6 heteroatoms. The summed E-state index contributed by atoms with van der Waals surface area (Å²) in [7, 11) is 1.35. The number of phenols is 1. The van der Waals surface area contributed by atoms with E-state index in [1.165, 1.54) is 13.2 Å². The third-order valence-corrected chi connectivity index (χ3v) is 3.03. The number of halogens is 1. The molecular weight excluding hydrogens is 280 g/mol. The quantitative estimate of drug-likeness (QED) is 0.787. The van der Waals surface area contributed by atoms with Crippen molar-refractivity contribution in [3.8, 4) is 11.5 Å². The summed E-state index contributed by atoms with van der Waals surface area (Å²) in [6.45, 7) is 1.69. The maximum atomic E-state index is 10.6. The highest BCUT2D eigenvalue weighted by Gasteiger charge is 2.24. The van der Waals surface area contributed by atoms with Crippen LogP contribution in [0.5, 0.6) is 11.5 Å². The van der Waals surface area contributed by atoms with E-state index in [1.807, 2.05) is 0 Å². The van der Waals surface area contributed by atoms with Gasteiger partial charge < -0.3 is 20.1 Å². The number of aliphatic hydroxyl groups is 1. The molecule has 0 saturated carbocycles. The summed E-state index contributed by atoms with van der Waals surface area (Å²) in [5.74, 6) is -1.66. The third kappa shape index (κ3) is 2.12. The van der Waals surface area contributed by atoms with Crippen molar-refractivity contribution in [3.05, 3.63) is 21.7 Å². The van der Waals surface area contributed by atoms with E-state index in [9.17, 15) is 15.0 Å². The monoisotopic (exact) mass is 290 g/mol. The summed E-state index contributed by atoms with van der Waals surface area (Å²) in [5.41, 5.74) is 0.517. The number of aliphatic carboxylic acids is 1. The SMILES string of the molecule is COc1c(C)c(Br)cc(C(O)C(=O)O)c1O. The van der Waals surface area contributed by atoms with Crippen molar-refractivity contribution in [2.75, 3.05) is 7.11 Å². The molecule has 1 aromatic rings. The lowest BCUT2D eigenvalue weighted by Crippen LogP contribution is -2.11. The third-order valence-electron chi connectivity index (χ3n) is 2.20. The molecule has 0 aliphatic heterocycles. The molecular formula is C10H11BrO5. The highest BCUT2D eigenvalue weighted by molar-refractivity contribution is 9.10. The van der Waals surface area contributed by atoms with Gasteiger partial charge in [0.05, 0.1) is 7.11 Å². The normalized spacial score (nSPS) is 12.2. The van der Waals surface area contributed by atoms with Crippen molar-refractivity contribution in [2.45, 2.75) is 13.0 Å². The highest BCUT2D eigenvalue weighted by Crippen LogP contribution is 2.40. The van der Waals surface area contributed by atoms with Crippen LogP contribution in [0.4, 0.5) is 0 Å². The summed E-state index contributed by atoms with van der Waals surface area (Å²) in [6.07, 6.45) is -1.79. The molecule has 0 spiro atoms. The van der Waals surface area contributed by atoms with Gasteiger partial charge in [0, 0.05) is 15.6 Å². The maximum absolute atomic E-state index is 10.6. The minimum atomic E-state index is -1.79. The van der Waals surface area contributed by atoms with Crippen LogP contribution < -0.4 is 4.74 Å². The number of carboxylic acids is 1. The number of carbonyl (C=O) groups is 1. The molecule has 0 aliphatic rings. The second-order valence-electron chi connectivity index (χ2n) is 3.20. The fourth-order valence-corrected chi connectivity index (χ4v) is 1.75. The molecule has 1 rings (SSSR count). The molecule has 0 heterocycles. The number of rotatable bonds is 3. The number of carboxylic acid groups (broad SMARTS) is 1. The Morgan fingerprint density at radius 1 is 1.56 bits per heavy atom. The van der Waals surface area contributed by atoms with E-state index in [0.29, 0.717) is 10.0 Å². The number of aliphatic hydroxyl groups excluding tert-OH is 1. The van der Waals surface area contributed by atoms with E-state index >= 15 is 0 Å². The Morgan fingerprint density at radius 3 is 2.56 bits per heavy atom. The summed E-state index contributed by atoms with van der Waals surface area (Å²) in [4.78, 5) is 10.6. The van der Waals surface area contributed by atoms with Gasteiger partial charge in [0.1, 0.15) is 0 Å². The first kappa shape index (κ1) is 12.8. The number of benzene rings is 1. The van der Waals surface area contributed by atoms with E-state index in [-0.39, 0.29) is 17.1 Å². The first-order valence-corrected chi connectivity index (χ1v) is 5.16. The van der Waals surface area contributed by atoms with E-state index < -0.39 is 12.1 Å². The first-order valence-electron chi connectivity index (χ1n) is 4.37. The molecule has 0 amide bonds. The Kier molecular flexibility index (Phi) is 3.77. The van der Waals surface area contributed by atoms with Crippen LogP contribution in [0.2, 0.25) is 0 Å². The second kappa shape index (κ2) is 4.71. The maximum Gasteiger partial charge on any atom is 0.337 e. The molecule has 3 N–H and O–H groups in total. The average molecular weight is 291 g/mol. The summed E-state index contributed by atoms with van der Waals surface area (Å²) < 4.78 is 5.50. The van der Waals surface area contributed by atoms with Gasteiger partial charge in [-0.1, -0.05) is 15.9 Å². The minimum absolute atomic E-state index is 0.109. The van der Waals surface area contributed by atoms with Gasteiger partial charge in [0.2, 0.25) is 0 Å². The lowest BCUT2D eigenvalue weighted by Gasteiger charge is -2.15. The molecule has 1 unspecified atom stereocenters. The zero-order valence-corrected chi connectivity index (χ0v) is 10.3. The Morgan fingerprint density at radius 2 is 2.12 bits per heavy atom. The van der Waals surface area contributed by atoms with Crippen molar-refractivity contribution in [2.24, 2.45) is 0 Å². The molecule has 0 aromatic heterocycles. The molecule has 0 bridgehead atoms. The summed E-state index contributed by atoms with van der Waals surface area (Å²) in [6, 6.07) is 1.35. The van der Waals surface area contributed by atoms with Crippen LogP contribution in [-0.2, 0) is 4.79 Å². The minimum Gasteiger partial charge on any atom is -0.504 e. The van der Waals surface area contributed by atoms with E-state index in [4.69, 9.17) is 9.84 Å². The number of phenolic OH excluding ortho intramolecular Hbond substituents is 1. The standard InChI is InChI=1S/C10H11BrO5/c1-4-6(11)3-5(8(13)10(14)15)7(12)9(4)16-2/h3,8,12-13H,1-2H3,(H,14,15). The number of hydrogen-bond donors (Lipinski definition) is 3. The summed E-state index contributed by atoms with van der Waals surface area (Å²) >= 11 is 3.19. The second-order valence-corrected chi connectivity index (χ2v) is 4.05. The van der Waals surface area contributed by atoms with Crippen molar-refractivity contribution in [3.63, 3.8) is 0 Å². The Labute approximate surface area is 100 Å². The fourth-order valence-electron chi connectivity index (χ4n) is 1.32. The van der Waals surface area contributed by atoms with E-state index in [0.717, 1.165) is 0 Å². The smallest absolute Gasteiger partial charge is 0.337 e. The van der Waals surface area contributed by atoms with Crippen LogP contribution in [0.25, 0.3) is 0 Å². The lowest BCUT2D eigenvalue weighted by molar-refractivity contribution is -0.147. The fraction of sp³-hybridized carbons (Fsp3) is 0.300. The molecule has 88 valence electrons. The average Bonchev–Trinajstić information content (AvgIpc) is 2.23. The zero-order valence-electron chi connectivity index (χ0n) is 8.69. The van der Waals surface area contributed by atoms with Crippen molar-refractivity contribution >= 4 is 21.9 Å². The van der Waals surface area contributed by atoms with Crippen LogP contribution >= 0.6 is 15.9 Å². The topological polar surface area (TPSA) is 87.0 Å². The first-order chi connectivity index (χ1) is 7.40. The van der Waals surface area contributed by atoms with Crippen LogP contribution in [0.3, 0.4) is 0 Å². The van der Waals surface area contributed by atoms with Crippen LogP contribution in [0.15, 0.2) is 10.5 Å². The van der Waals surface area contributed by atoms with Gasteiger partial charge in [-0.15, -0.1) is 0 Å². The zero-order chi connectivity index (χ0) is 12.5. The molecule has 1 aromatic carbocycles. The van der Waals surface area contributed by atoms with Crippen molar-refractivity contribution in [1.82, 2.24) is 0 Å². The molecule has 0 radical (unpaired) electrons. The van der Waals surface area contributed by atoms with Gasteiger partial charge in [0.25, 0.3) is 0 Å². The molecule has 0 fully saturated rings. The van der Waals surface area contributed by atoms with Crippen LogP contribution in [-0.4, -0.2) is 28.4 Å². The molecule has 0 saturated heterocycles. The molecule has 1 atom stereocenters. The number of methoxy groups -OCH3 is 1. The van der Waals surface area contributed by atoms with E-state index in [1.54, 1.807) is 6.92 Å². The van der Waals surface area contributed by atoms with Gasteiger partial charge in [-0.3, -0.25) is 0 Å².